The van der Waals surface area contributed by atoms with Crippen LogP contribution in [0, 0.1) is 23.2 Å². The van der Waals surface area contributed by atoms with Gasteiger partial charge in [-0.15, -0.1) is 11.3 Å². The van der Waals surface area contributed by atoms with E-state index in [2.05, 4.69) is 57.0 Å². The highest BCUT2D eigenvalue weighted by Gasteiger charge is 2.31. The highest BCUT2D eigenvalue weighted by Crippen LogP contribution is 2.37. The maximum absolute atomic E-state index is 11.9. The summed E-state index contributed by atoms with van der Waals surface area (Å²) in [5.41, 5.74) is 3.44. The van der Waals surface area contributed by atoms with Crippen molar-refractivity contribution in [2.75, 3.05) is 44.4 Å². The first-order chi connectivity index (χ1) is 18.6. The van der Waals surface area contributed by atoms with Gasteiger partial charge in [-0.25, -0.2) is 0 Å². The maximum atomic E-state index is 11.9. The molecule has 2 fully saturated rings. The maximum Gasteiger partial charge on any atom is 0.251 e. The number of nitrogens with one attached hydrogen (secondary N) is 3. The average Bonchev–Trinajstić information content (AvgIpc) is 3.74. The summed E-state index contributed by atoms with van der Waals surface area (Å²) in [4.78, 5) is 15.5. The second kappa shape index (κ2) is 11.8. The summed E-state index contributed by atoms with van der Waals surface area (Å²) in [6.07, 6.45) is 5.38. The lowest BCUT2D eigenvalue weighted by molar-refractivity contribution is 0.0963. The standard InChI is InChI=1S/C30H33N5O2S/c1-32-30(36)20-8-11-25(27(19-20)37-2)33-16-4-7-28-23(12-15-31)24-5-3-6-26(29(24)38-28)34-21-13-17-35(18-14-21)22-9-10-22/h3,5-6,8,11,19,21-22,33-34H,9-10,12-14,16-18H2,1-2H3,(H,32,36). The smallest absolute Gasteiger partial charge is 0.251 e. The molecule has 2 aromatic carbocycles. The van der Waals surface area contributed by atoms with Crippen LogP contribution in [-0.4, -0.2) is 56.7 Å². The van der Waals surface area contributed by atoms with E-state index in [0.29, 0.717) is 30.3 Å². The molecule has 1 saturated heterocycles. The molecular formula is C30H33N5O2S. The predicted molar refractivity (Wildman–Crippen MR) is 154 cm³/mol. The molecule has 7 nitrogen and oxygen atoms in total. The van der Waals surface area contributed by atoms with Gasteiger partial charge in [0.15, 0.2) is 0 Å². The van der Waals surface area contributed by atoms with E-state index in [0.717, 1.165) is 46.1 Å². The van der Waals surface area contributed by atoms with Crippen molar-refractivity contribution >= 4 is 38.7 Å². The normalized spacial score (nSPS) is 15.8. The number of thiophene rings is 1. The summed E-state index contributed by atoms with van der Waals surface area (Å²) in [5, 5.41) is 20.3. The molecule has 3 aromatic rings. The van der Waals surface area contributed by atoms with Crippen molar-refractivity contribution < 1.29 is 9.53 Å². The Balaban J connectivity index is 1.31. The first-order valence-corrected chi connectivity index (χ1v) is 14.0. The van der Waals surface area contributed by atoms with Crippen molar-refractivity contribution in [2.45, 2.75) is 44.2 Å². The SMILES string of the molecule is CNC(=O)c1ccc(NCC#Cc2sc3c(NC4CCN(C5CC5)CC4)cccc3c2CC#N)c(OC)c1. The number of rotatable bonds is 8. The number of ether oxygens (including phenoxy) is 1. The summed E-state index contributed by atoms with van der Waals surface area (Å²) >= 11 is 1.66. The Hall–Kier alpha value is -3.72. The highest BCUT2D eigenvalue weighted by atomic mass is 32.1. The van der Waals surface area contributed by atoms with Crippen LogP contribution in [0.15, 0.2) is 36.4 Å². The van der Waals surface area contributed by atoms with Crippen molar-refractivity contribution in [3.05, 3.63) is 52.4 Å². The fourth-order valence-corrected chi connectivity index (χ4v) is 6.27. The van der Waals surface area contributed by atoms with Crippen LogP contribution in [0.3, 0.4) is 0 Å². The molecule has 1 aliphatic carbocycles. The Bertz CT molecular complexity index is 1420. The van der Waals surface area contributed by atoms with Crippen LogP contribution in [0.4, 0.5) is 11.4 Å². The number of hydrogen-bond donors (Lipinski definition) is 3. The number of fused-ring (bicyclic) bond motifs is 1. The quantitative estimate of drug-likeness (QED) is 0.364. The summed E-state index contributed by atoms with van der Waals surface area (Å²) in [7, 11) is 3.18. The second-order valence-electron chi connectivity index (χ2n) is 9.76. The molecule has 0 bridgehead atoms. The lowest BCUT2D eigenvalue weighted by Crippen LogP contribution is -2.40. The Morgan fingerprint density at radius 3 is 2.68 bits per heavy atom. The van der Waals surface area contributed by atoms with Gasteiger partial charge in [0.25, 0.3) is 5.91 Å². The second-order valence-corrected chi connectivity index (χ2v) is 10.8. The first-order valence-electron chi connectivity index (χ1n) is 13.2. The fourth-order valence-electron chi connectivity index (χ4n) is 5.10. The number of carbonyl (C=O) groups excluding carboxylic acids is 1. The summed E-state index contributed by atoms with van der Waals surface area (Å²) in [6, 6.07) is 15.2. The first kappa shape index (κ1) is 25.9. The molecule has 2 aliphatic rings. The fraction of sp³-hybridized carbons (Fsp3) is 0.400. The molecule has 1 aromatic heterocycles. The third-order valence-corrected chi connectivity index (χ3v) is 8.48. The van der Waals surface area contributed by atoms with Gasteiger partial charge in [-0.05, 0) is 49.9 Å². The average molecular weight is 528 g/mol. The zero-order valence-electron chi connectivity index (χ0n) is 21.9. The number of benzene rings is 2. The molecular weight excluding hydrogens is 494 g/mol. The molecule has 3 N–H and O–H groups in total. The van der Waals surface area contributed by atoms with Gasteiger partial charge in [0.1, 0.15) is 5.75 Å². The van der Waals surface area contributed by atoms with Crippen LogP contribution < -0.4 is 20.7 Å². The summed E-state index contributed by atoms with van der Waals surface area (Å²) in [6.45, 7) is 2.75. The topological polar surface area (TPSA) is 89.4 Å². The van der Waals surface area contributed by atoms with E-state index in [-0.39, 0.29) is 5.91 Å². The summed E-state index contributed by atoms with van der Waals surface area (Å²) < 4.78 is 6.62. The number of anilines is 2. The van der Waals surface area contributed by atoms with Gasteiger partial charge in [0, 0.05) is 48.7 Å². The molecule has 196 valence electrons. The van der Waals surface area contributed by atoms with E-state index >= 15 is 0 Å². The largest absolute Gasteiger partial charge is 0.495 e. The van der Waals surface area contributed by atoms with Gasteiger partial charge in [-0.1, -0.05) is 24.0 Å². The van der Waals surface area contributed by atoms with E-state index < -0.39 is 0 Å². The third kappa shape index (κ3) is 5.72. The number of carbonyl (C=O) groups is 1. The van der Waals surface area contributed by atoms with Crippen LogP contribution >= 0.6 is 11.3 Å². The predicted octanol–water partition coefficient (Wildman–Crippen LogP) is 4.84. The number of nitriles is 1. The number of piperidine rings is 1. The number of hydrogen-bond acceptors (Lipinski definition) is 7. The molecule has 0 atom stereocenters. The van der Waals surface area contributed by atoms with Crippen molar-refractivity contribution in [3.63, 3.8) is 0 Å². The zero-order chi connectivity index (χ0) is 26.5. The Labute approximate surface area is 228 Å². The van der Waals surface area contributed by atoms with Gasteiger partial charge in [0.05, 0.1) is 47.1 Å². The Kier molecular flexibility index (Phi) is 8.03. The number of nitrogens with zero attached hydrogens (tertiary/aromatic N) is 2. The Morgan fingerprint density at radius 1 is 1.16 bits per heavy atom. The lowest BCUT2D eigenvalue weighted by Gasteiger charge is -2.33. The molecule has 1 saturated carbocycles. The van der Waals surface area contributed by atoms with Crippen molar-refractivity contribution in [1.82, 2.24) is 10.2 Å². The van der Waals surface area contributed by atoms with E-state index in [4.69, 9.17) is 4.74 Å². The van der Waals surface area contributed by atoms with Crippen LogP contribution in [0.5, 0.6) is 5.75 Å². The number of methoxy groups -OCH3 is 1. The van der Waals surface area contributed by atoms with Crippen molar-refractivity contribution in [2.24, 2.45) is 0 Å². The van der Waals surface area contributed by atoms with E-state index in [1.165, 1.54) is 30.6 Å². The minimum atomic E-state index is -0.165. The van der Waals surface area contributed by atoms with Gasteiger partial charge in [0.2, 0.25) is 0 Å². The van der Waals surface area contributed by atoms with E-state index in [9.17, 15) is 10.1 Å². The summed E-state index contributed by atoms with van der Waals surface area (Å²) in [5.74, 6) is 6.93. The number of likely N-dealkylation sites (tertiary alicyclic amines) is 1. The van der Waals surface area contributed by atoms with E-state index in [1.807, 2.05) is 6.07 Å². The van der Waals surface area contributed by atoms with Crippen molar-refractivity contribution in [1.29, 1.82) is 5.26 Å². The minimum absolute atomic E-state index is 0.165. The van der Waals surface area contributed by atoms with Gasteiger partial charge in [-0.3, -0.25) is 4.79 Å². The third-order valence-electron chi connectivity index (χ3n) is 7.29. The monoisotopic (exact) mass is 527 g/mol. The van der Waals surface area contributed by atoms with Crippen LogP contribution in [0.2, 0.25) is 0 Å². The van der Waals surface area contributed by atoms with Crippen LogP contribution in [0.25, 0.3) is 10.1 Å². The van der Waals surface area contributed by atoms with Crippen molar-refractivity contribution in [3.8, 4) is 23.7 Å². The molecule has 0 unspecified atom stereocenters. The highest BCUT2D eigenvalue weighted by molar-refractivity contribution is 7.20. The molecule has 1 aliphatic heterocycles. The molecule has 0 spiro atoms. The number of amides is 1. The molecule has 2 heterocycles. The minimum Gasteiger partial charge on any atom is -0.495 e. The van der Waals surface area contributed by atoms with Gasteiger partial charge >= 0.3 is 0 Å². The molecule has 8 heteroatoms. The van der Waals surface area contributed by atoms with Gasteiger partial charge in [-0.2, -0.15) is 5.26 Å². The molecule has 0 radical (unpaired) electrons. The van der Waals surface area contributed by atoms with Crippen LogP contribution in [0.1, 0.15) is 46.5 Å². The lowest BCUT2D eigenvalue weighted by atomic mass is 10.0. The van der Waals surface area contributed by atoms with E-state index in [1.54, 1.807) is 37.6 Å². The molecule has 38 heavy (non-hydrogen) atoms. The Morgan fingerprint density at radius 2 is 1.97 bits per heavy atom. The zero-order valence-corrected chi connectivity index (χ0v) is 22.7. The molecule has 5 rings (SSSR count). The molecule has 1 amide bonds. The van der Waals surface area contributed by atoms with Crippen LogP contribution in [-0.2, 0) is 6.42 Å². The van der Waals surface area contributed by atoms with Gasteiger partial charge < -0.3 is 25.6 Å².